The maximum Gasteiger partial charge on any atom is 0.271 e. The van der Waals surface area contributed by atoms with Gasteiger partial charge in [0.25, 0.3) is 11.5 Å². The molecule has 7 nitrogen and oxygen atoms in total. The minimum Gasteiger partial charge on any atom is -0.389 e. The van der Waals surface area contributed by atoms with E-state index in [1.54, 1.807) is 24.9 Å². The molecule has 0 radical (unpaired) electrons. The van der Waals surface area contributed by atoms with Crippen molar-refractivity contribution in [3.63, 3.8) is 0 Å². The molecule has 1 fully saturated rings. The van der Waals surface area contributed by atoms with Crippen LogP contribution >= 0.6 is 11.3 Å². The molecule has 0 bridgehead atoms. The lowest BCUT2D eigenvalue weighted by Gasteiger charge is -2.37. The second-order valence-corrected chi connectivity index (χ2v) is 9.46. The van der Waals surface area contributed by atoms with Crippen LogP contribution in [0.15, 0.2) is 47.5 Å². The third-order valence-electron chi connectivity index (χ3n) is 5.18. The van der Waals surface area contributed by atoms with Gasteiger partial charge < -0.3 is 10.0 Å². The van der Waals surface area contributed by atoms with Gasteiger partial charge in [0, 0.05) is 56.4 Å². The van der Waals surface area contributed by atoms with Gasteiger partial charge in [0.1, 0.15) is 5.56 Å². The van der Waals surface area contributed by atoms with Crippen LogP contribution in [0.3, 0.4) is 0 Å². The van der Waals surface area contributed by atoms with E-state index in [2.05, 4.69) is 9.88 Å². The first-order valence-electron chi connectivity index (χ1n) is 10.1. The number of amides is 1. The quantitative estimate of drug-likeness (QED) is 0.674. The van der Waals surface area contributed by atoms with E-state index in [1.807, 2.05) is 30.3 Å². The second-order valence-electron chi connectivity index (χ2n) is 8.37. The number of piperazine rings is 1. The van der Waals surface area contributed by atoms with Crippen molar-refractivity contribution in [2.75, 3.05) is 32.7 Å². The van der Waals surface area contributed by atoms with Gasteiger partial charge in [-0.15, -0.1) is 11.3 Å². The van der Waals surface area contributed by atoms with Crippen molar-refractivity contribution >= 4 is 22.2 Å². The normalized spacial score (nSPS) is 15.6. The van der Waals surface area contributed by atoms with Crippen molar-refractivity contribution in [3.8, 4) is 0 Å². The fourth-order valence-corrected chi connectivity index (χ4v) is 4.75. The third-order valence-corrected chi connectivity index (χ3v) is 6.17. The standard InChI is InChI=1S/C22H26N4O3S/c1-22(2,29)15-24-8-10-25(11-9-24)19(27)18-13-23-21-26(20(18)28)14-17(30-21)12-16-6-4-3-5-7-16/h3-7,13-14,29H,8-12,15H2,1-2H3. The highest BCUT2D eigenvalue weighted by Crippen LogP contribution is 2.19. The van der Waals surface area contributed by atoms with Gasteiger partial charge in [0.15, 0.2) is 4.96 Å². The van der Waals surface area contributed by atoms with Crippen LogP contribution in [0.4, 0.5) is 0 Å². The lowest BCUT2D eigenvalue weighted by atomic mass is 10.1. The summed E-state index contributed by atoms with van der Waals surface area (Å²) in [5.74, 6) is -0.277. The number of fused-ring (bicyclic) bond motifs is 1. The molecule has 1 saturated heterocycles. The molecule has 0 saturated carbocycles. The van der Waals surface area contributed by atoms with Gasteiger partial charge in [-0.2, -0.15) is 0 Å². The Bertz CT molecular complexity index is 1090. The SMILES string of the molecule is CC(C)(O)CN1CCN(C(=O)c2cnc3sc(Cc4ccccc4)cn3c2=O)CC1. The minimum absolute atomic E-state index is 0.104. The van der Waals surface area contributed by atoms with Crippen molar-refractivity contribution in [2.24, 2.45) is 0 Å². The molecule has 1 amide bonds. The molecule has 3 heterocycles. The molecule has 158 valence electrons. The summed E-state index contributed by atoms with van der Waals surface area (Å²) in [6.45, 7) is 6.52. The molecule has 3 aromatic rings. The van der Waals surface area contributed by atoms with Gasteiger partial charge in [0.05, 0.1) is 5.60 Å². The first kappa shape index (κ1) is 20.7. The fraction of sp³-hybridized carbons (Fsp3) is 0.409. The smallest absolute Gasteiger partial charge is 0.271 e. The van der Waals surface area contributed by atoms with E-state index >= 15 is 0 Å². The first-order chi connectivity index (χ1) is 14.3. The van der Waals surface area contributed by atoms with Gasteiger partial charge in [-0.3, -0.25) is 18.9 Å². The van der Waals surface area contributed by atoms with Crippen molar-refractivity contribution in [3.05, 3.63) is 69.1 Å². The van der Waals surface area contributed by atoms with Gasteiger partial charge in [0.2, 0.25) is 0 Å². The Morgan fingerprint density at radius 2 is 1.87 bits per heavy atom. The molecule has 0 unspecified atom stereocenters. The first-order valence-corrected chi connectivity index (χ1v) is 10.9. The Labute approximate surface area is 179 Å². The van der Waals surface area contributed by atoms with Crippen molar-refractivity contribution in [1.29, 1.82) is 0 Å². The maximum atomic E-state index is 13.0. The number of benzene rings is 1. The summed E-state index contributed by atoms with van der Waals surface area (Å²) in [7, 11) is 0. The van der Waals surface area contributed by atoms with Gasteiger partial charge in [-0.1, -0.05) is 30.3 Å². The van der Waals surface area contributed by atoms with Crippen LogP contribution in [0, 0.1) is 0 Å². The zero-order chi connectivity index (χ0) is 21.3. The molecule has 0 spiro atoms. The van der Waals surface area contributed by atoms with Crippen LogP contribution in [-0.4, -0.2) is 68.5 Å². The van der Waals surface area contributed by atoms with Crippen molar-refractivity contribution in [1.82, 2.24) is 19.2 Å². The molecule has 1 aliphatic rings. The summed E-state index contributed by atoms with van der Waals surface area (Å²) in [5, 5.41) is 9.98. The Hall–Kier alpha value is -2.55. The zero-order valence-electron chi connectivity index (χ0n) is 17.2. The van der Waals surface area contributed by atoms with Crippen LogP contribution < -0.4 is 5.56 Å². The highest BCUT2D eigenvalue weighted by Gasteiger charge is 2.27. The number of carbonyl (C=O) groups is 1. The van der Waals surface area contributed by atoms with Crippen LogP contribution in [-0.2, 0) is 6.42 Å². The van der Waals surface area contributed by atoms with Gasteiger partial charge >= 0.3 is 0 Å². The van der Waals surface area contributed by atoms with Crippen LogP contribution in [0.2, 0.25) is 0 Å². The predicted octanol–water partition coefficient (Wildman–Crippen LogP) is 1.88. The topological polar surface area (TPSA) is 78.2 Å². The van der Waals surface area contributed by atoms with E-state index in [4.69, 9.17) is 0 Å². The number of aromatic nitrogens is 2. The Kier molecular flexibility index (Phi) is 5.73. The average molecular weight is 427 g/mol. The van der Waals surface area contributed by atoms with E-state index in [9.17, 15) is 14.7 Å². The zero-order valence-corrected chi connectivity index (χ0v) is 18.1. The summed E-state index contributed by atoms with van der Waals surface area (Å²) in [6.07, 6.45) is 3.92. The highest BCUT2D eigenvalue weighted by atomic mass is 32.1. The molecule has 1 aliphatic heterocycles. The van der Waals surface area contributed by atoms with Gasteiger partial charge in [-0.25, -0.2) is 4.98 Å². The summed E-state index contributed by atoms with van der Waals surface area (Å²) in [5.41, 5.74) is 0.181. The van der Waals surface area contributed by atoms with Crippen LogP contribution in [0.5, 0.6) is 0 Å². The number of nitrogens with zero attached hydrogens (tertiary/aromatic N) is 4. The molecular weight excluding hydrogens is 400 g/mol. The number of rotatable bonds is 5. The molecule has 1 aromatic carbocycles. The molecule has 4 rings (SSSR count). The molecular formula is C22H26N4O3S. The second kappa shape index (κ2) is 8.29. The molecule has 30 heavy (non-hydrogen) atoms. The van der Waals surface area contributed by atoms with E-state index < -0.39 is 5.60 Å². The number of hydrogen-bond donors (Lipinski definition) is 1. The number of aliphatic hydroxyl groups is 1. The number of hydrogen-bond acceptors (Lipinski definition) is 6. The summed E-state index contributed by atoms with van der Waals surface area (Å²) in [4.78, 5) is 35.8. The van der Waals surface area contributed by atoms with Crippen molar-refractivity contribution < 1.29 is 9.90 Å². The van der Waals surface area contributed by atoms with E-state index in [-0.39, 0.29) is 17.0 Å². The number of β-amino-alcohol motifs (C(OH)–C–C–N with tert-alkyl or cyclic N) is 1. The number of carbonyl (C=O) groups excluding carboxylic acids is 1. The average Bonchev–Trinajstić information content (AvgIpc) is 3.11. The van der Waals surface area contributed by atoms with Gasteiger partial charge in [-0.05, 0) is 19.4 Å². The Morgan fingerprint density at radius 3 is 2.53 bits per heavy atom. The molecule has 1 N–H and O–H groups in total. The Morgan fingerprint density at radius 1 is 1.17 bits per heavy atom. The molecule has 0 aliphatic carbocycles. The lowest BCUT2D eigenvalue weighted by molar-refractivity contribution is 0.0178. The monoisotopic (exact) mass is 426 g/mol. The van der Waals surface area contributed by atoms with E-state index in [1.165, 1.54) is 21.9 Å². The number of thiazole rings is 1. The van der Waals surface area contributed by atoms with E-state index in [0.29, 0.717) is 37.7 Å². The summed E-state index contributed by atoms with van der Waals surface area (Å²) < 4.78 is 1.49. The Balaban J connectivity index is 1.50. The molecule has 8 heteroatoms. The molecule has 2 aromatic heterocycles. The maximum absolute atomic E-state index is 13.0. The largest absolute Gasteiger partial charge is 0.389 e. The van der Waals surface area contributed by atoms with Crippen LogP contribution in [0.1, 0.15) is 34.6 Å². The summed E-state index contributed by atoms with van der Waals surface area (Å²) >= 11 is 1.46. The lowest BCUT2D eigenvalue weighted by Crippen LogP contribution is -2.52. The van der Waals surface area contributed by atoms with E-state index in [0.717, 1.165) is 16.9 Å². The summed E-state index contributed by atoms with van der Waals surface area (Å²) in [6, 6.07) is 10.1. The van der Waals surface area contributed by atoms with Crippen molar-refractivity contribution in [2.45, 2.75) is 25.9 Å². The minimum atomic E-state index is -0.767. The van der Waals surface area contributed by atoms with Crippen LogP contribution in [0.25, 0.3) is 4.96 Å². The third kappa shape index (κ3) is 4.61. The molecule has 0 atom stereocenters. The fourth-order valence-electron chi connectivity index (χ4n) is 3.78. The predicted molar refractivity (Wildman–Crippen MR) is 117 cm³/mol. The highest BCUT2D eigenvalue weighted by molar-refractivity contribution is 7.17.